The van der Waals surface area contributed by atoms with Gasteiger partial charge in [-0.2, -0.15) is 5.10 Å². The molecule has 1 aliphatic carbocycles. The lowest BCUT2D eigenvalue weighted by Gasteiger charge is -2.29. The fourth-order valence-corrected chi connectivity index (χ4v) is 3.23. The van der Waals surface area contributed by atoms with E-state index in [-0.39, 0.29) is 16.9 Å². The molecule has 1 aromatic carbocycles. The second-order valence-corrected chi connectivity index (χ2v) is 7.21. The van der Waals surface area contributed by atoms with Gasteiger partial charge in [-0.3, -0.25) is 20.3 Å². The van der Waals surface area contributed by atoms with Gasteiger partial charge in [0.15, 0.2) is 5.76 Å². The van der Waals surface area contributed by atoms with Gasteiger partial charge in [0.25, 0.3) is 11.6 Å². The molecule has 0 fully saturated rings. The zero-order valence-corrected chi connectivity index (χ0v) is 14.8. The number of nitro groups is 1. The molecule has 8 heteroatoms. The highest BCUT2D eigenvalue weighted by Gasteiger charge is 2.35. The highest BCUT2D eigenvalue weighted by Crippen LogP contribution is 2.38. The fraction of sp³-hybridized carbons (Fsp3) is 0.333. The van der Waals surface area contributed by atoms with Gasteiger partial charge in [0, 0.05) is 29.7 Å². The van der Waals surface area contributed by atoms with Crippen LogP contribution in [-0.4, -0.2) is 16.5 Å². The average molecular weight is 356 g/mol. The first kappa shape index (κ1) is 17.7. The number of rotatable bonds is 4. The Labute approximate surface area is 150 Å². The molecule has 8 nitrogen and oxygen atoms in total. The zero-order chi connectivity index (χ0) is 19.1. The highest BCUT2D eigenvalue weighted by molar-refractivity contribution is 6.06. The van der Waals surface area contributed by atoms with E-state index >= 15 is 0 Å². The number of nitrogens with zero attached hydrogens (tertiary/aromatic N) is 2. The number of carbonyl (C=O) groups is 1. The van der Waals surface area contributed by atoms with Crippen LogP contribution >= 0.6 is 0 Å². The lowest BCUT2D eigenvalue weighted by molar-refractivity contribution is -0.384. The van der Waals surface area contributed by atoms with E-state index in [2.05, 4.69) is 24.4 Å². The Morgan fingerprint density at radius 2 is 1.96 bits per heavy atom. The minimum atomic E-state index is -0.600. The zero-order valence-electron chi connectivity index (χ0n) is 14.8. The van der Waals surface area contributed by atoms with Crippen LogP contribution in [0.25, 0.3) is 0 Å². The van der Waals surface area contributed by atoms with Crippen LogP contribution in [-0.2, 0) is 6.42 Å². The molecular weight excluding hydrogens is 336 g/mol. The standard InChI is InChI=1S/C18H20N4O4/c1-10-15-13(21-20-11-4-6-12(7-5-11)22(24)25)8-18(2,3)9-14(15)26-16(10)17(19)23/h4-7,20H,8-9H2,1-3H3,(H2,19,23)/b21-13+. The third-order valence-corrected chi connectivity index (χ3v) is 4.42. The van der Waals surface area contributed by atoms with Crippen LogP contribution in [0, 0.1) is 22.5 Å². The number of nitrogens with two attached hydrogens (primary N) is 1. The van der Waals surface area contributed by atoms with Gasteiger partial charge in [-0.05, 0) is 30.9 Å². The van der Waals surface area contributed by atoms with Gasteiger partial charge in [0.2, 0.25) is 0 Å². The van der Waals surface area contributed by atoms with Gasteiger partial charge in [0.1, 0.15) is 5.76 Å². The number of hydrazone groups is 1. The summed E-state index contributed by atoms with van der Waals surface area (Å²) in [5.74, 6) is 0.268. The molecule has 26 heavy (non-hydrogen) atoms. The SMILES string of the molecule is Cc1c(C(N)=O)oc2c1/C(=N/Nc1ccc([N+](=O)[O-])cc1)CC(C)(C)C2. The summed E-state index contributed by atoms with van der Waals surface area (Å²) < 4.78 is 5.70. The van der Waals surface area contributed by atoms with Crippen LogP contribution in [0.5, 0.6) is 0 Å². The third kappa shape index (κ3) is 3.30. The molecular formula is C18H20N4O4. The maximum absolute atomic E-state index is 11.6. The summed E-state index contributed by atoms with van der Waals surface area (Å²) in [5, 5.41) is 15.2. The average Bonchev–Trinajstić information content (AvgIpc) is 2.88. The molecule has 0 saturated heterocycles. The van der Waals surface area contributed by atoms with Crippen molar-refractivity contribution >= 4 is 23.0 Å². The molecule has 0 saturated carbocycles. The van der Waals surface area contributed by atoms with Gasteiger partial charge >= 0.3 is 0 Å². The quantitative estimate of drug-likeness (QED) is 0.642. The van der Waals surface area contributed by atoms with Crippen LogP contribution < -0.4 is 11.2 Å². The Morgan fingerprint density at radius 3 is 2.54 bits per heavy atom. The largest absolute Gasteiger partial charge is 0.455 e. The number of hydrogen-bond donors (Lipinski definition) is 2. The third-order valence-electron chi connectivity index (χ3n) is 4.42. The minimum absolute atomic E-state index is 0.0149. The number of carbonyl (C=O) groups excluding carboxylic acids is 1. The Balaban J connectivity index is 1.95. The van der Waals surface area contributed by atoms with E-state index in [9.17, 15) is 14.9 Å². The molecule has 3 rings (SSSR count). The molecule has 0 radical (unpaired) electrons. The monoisotopic (exact) mass is 356 g/mol. The maximum Gasteiger partial charge on any atom is 0.284 e. The van der Waals surface area contributed by atoms with Crippen LogP contribution in [0.4, 0.5) is 11.4 Å². The lowest BCUT2D eigenvalue weighted by Crippen LogP contribution is -2.27. The molecule has 1 aromatic heterocycles. The number of furan rings is 1. The molecule has 0 aliphatic heterocycles. The van der Waals surface area contributed by atoms with E-state index in [1.54, 1.807) is 19.1 Å². The van der Waals surface area contributed by atoms with Gasteiger partial charge in [-0.1, -0.05) is 13.8 Å². The molecule has 1 heterocycles. The number of amides is 1. The van der Waals surface area contributed by atoms with E-state index in [1.165, 1.54) is 12.1 Å². The van der Waals surface area contributed by atoms with E-state index in [1.807, 2.05) is 0 Å². The van der Waals surface area contributed by atoms with Crippen LogP contribution in [0.1, 0.15) is 47.7 Å². The summed E-state index contributed by atoms with van der Waals surface area (Å²) >= 11 is 0. The van der Waals surface area contributed by atoms with Crippen molar-refractivity contribution < 1.29 is 14.1 Å². The second kappa shape index (κ2) is 6.29. The van der Waals surface area contributed by atoms with E-state index in [4.69, 9.17) is 10.2 Å². The van der Waals surface area contributed by atoms with Gasteiger partial charge in [0.05, 0.1) is 16.3 Å². The Bertz CT molecular complexity index is 910. The number of anilines is 1. The Hall–Kier alpha value is -3.16. The van der Waals surface area contributed by atoms with Crippen LogP contribution in [0.2, 0.25) is 0 Å². The van der Waals surface area contributed by atoms with Crippen molar-refractivity contribution in [2.75, 3.05) is 5.43 Å². The molecule has 136 valence electrons. The van der Waals surface area contributed by atoms with Crippen LogP contribution in [0.15, 0.2) is 33.8 Å². The predicted octanol–water partition coefficient (Wildman–Crippen LogP) is 3.38. The fourth-order valence-electron chi connectivity index (χ4n) is 3.23. The predicted molar refractivity (Wildman–Crippen MR) is 97.3 cm³/mol. The molecule has 0 unspecified atom stereocenters. The molecule has 0 bridgehead atoms. The summed E-state index contributed by atoms with van der Waals surface area (Å²) in [4.78, 5) is 21.9. The number of fused-ring (bicyclic) bond motifs is 1. The Morgan fingerprint density at radius 1 is 1.31 bits per heavy atom. The van der Waals surface area contributed by atoms with Crippen molar-refractivity contribution in [2.24, 2.45) is 16.3 Å². The molecule has 0 spiro atoms. The molecule has 1 amide bonds. The highest BCUT2D eigenvalue weighted by atomic mass is 16.6. The van der Waals surface area contributed by atoms with Crippen LogP contribution in [0.3, 0.4) is 0 Å². The Kier molecular flexibility index (Phi) is 4.27. The summed E-state index contributed by atoms with van der Waals surface area (Å²) in [6.45, 7) is 5.99. The summed E-state index contributed by atoms with van der Waals surface area (Å²) in [7, 11) is 0. The molecule has 3 N–H and O–H groups in total. The van der Waals surface area contributed by atoms with E-state index < -0.39 is 10.8 Å². The first-order chi connectivity index (χ1) is 12.2. The van der Waals surface area contributed by atoms with Gasteiger partial charge in [-0.15, -0.1) is 0 Å². The summed E-state index contributed by atoms with van der Waals surface area (Å²) in [5.41, 5.74) is 11.2. The first-order valence-corrected chi connectivity index (χ1v) is 8.17. The number of benzene rings is 1. The smallest absolute Gasteiger partial charge is 0.284 e. The van der Waals surface area contributed by atoms with Crippen molar-refractivity contribution in [3.63, 3.8) is 0 Å². The maximum atomic E-state index is 11.6. The second-order valence-electron chi connectivity index (χ2n) is 7.21. The van der Waals surface area contributed by atoms with E-state index in [0.29, 0.717) is 29.9 Å². The number of nitrogens with one attached hydrogen (secondary N) is 1. The van der Waals surface area contributed by atoms with E-state index in [0.717, 1.165) is 11.3 Å². The van der Waals surface area contributed by atoms with Crippen molar-refractivity contribution in [1.82, 2.24) is 0 Å². The molecule has 2 aromatic rings. The number of hydrogen-bond acceptors (Lipinski definition) is 6. The summed E-state index contributed by atoms with van der Waals surface area (Å²) in [6, 6.07) is 6.00. The number of primary amides is 1. The topological polar surface area (TPSA) is 124 Å². The lowest BCUT2D eigenvalue weighted by atomic mass is 9.75. The molecule has 1 aliphatic rings. The first-order valence-electron chi connectivity index (χ1n) is 8.17. The van der Waals surface area contributed by atoms with Crippen molar-refractivity contribution in [2.45, 2.75) is 33.6 Å². The summed E-state index contributed by atoms with van der Waals surface area (Å²) in [6.07, 6.45) is 1.38. The van der Waals surface area contributed by atoms with Gasteiger partial charge in [-0.25, -0.2) is 0 Å². The van der Waals surface area contributed by atoms with Crippen molar-refractivity contribution in [3.05, 3.63) is 57.0 Å². The molecule has 0 atom stereocenters. The van der Waals surface area contributed by atoms with Crippen molar-refractivity contribution in [3.8, 4) is 0 Å². The van der Waals surface area contributed by atoms with Gasteiger partial charge < -0.3 is 10.2 Å². The number of non-ortho nitro benzene ring substituents is 1. The minimum Gasteiger partial charge on any atom is -0.455 e. The van der Waals surface area contributed by atoms with Crippen molar-refractivity contribution in [1.29, 1.82) is 0 Å². The normalized spacial score (nSPS) is 17.0. The number of nitro benzene ring substituents is 1.